The number of H-pyrrole nitrogens is 1. The molecule has 1 aliphatic rings. The summed E-state index contributed by atoms with van der Waals surface area (Å²) >= 11 is 1.85. The van der Waals surface area contributed by atoms with Crippen molar-refractivity contribution in [3.8, 4) is 5.95 Å². The fourth-order valence-electron chi connectivity index (χ4n) is 2.80. The fraction of sp³-hybridized carbons (Fsp3) is 0.333. The van der Waals surface area contributed by atoms with Gasteiger partial charge in [-0.2, -0.15) is 16.9 Å². The van der Waals surface area contributed by atoms with Crippen LogP contribution in [0.15, 0.2) is 29.3 Å². The summed E-state index contributed by atoms with van der Waals surface area (Å²) in [7, 11) is 0. The molecule has 0 atom stereocenters. The molecule has 1 aliphatic heterocycles. The molecule has 0 aromatic carbocycles. The first-order valence-electron chi connectivity index (χ1n) is 7.65. The van der Waals surface area contributed by atoms with Crippen LogP contribution in [0.2, 0.25) is 0 Å². The van der Waals surface area contributed by atoms with E-state index in [1.807, 2.05) is 16.7 Å². The highest BCUT2D eigenvalue weighted by atomic mass is 32.2. The monoisotopic (exact) mass is 344 g/mol. The van der Waals surface area contributed by atoms with Crippen LogP contribution in [-0.4, -0.2) is 59.8 Å². The predicted octanol–water partition coefficient (Wildman–Crippen LogP) is 0.706. The van der Waals surface area contributed by atoms with Crippen molar-refractivity contribution in [3.05, 3.63) is 46.1 Å². The van der Waals surface area contributed by atoms with Crippen molar-refractivity contribution in [1.82, 2.24) is 29.3 Å². The van der Waals surface area contributed by atoms with E-state index in [0.717, 1.165) is 24.6 Å². The molecule has 9 heteroatoms. The van der Waals surface area contributed by atoms with Crippen LogP contribution >= 0.6 is 11.8 Å². The average Bonchev–Trinajstić information content (AvgIpc) is 3.21. The van der Waals surface area contributed by atoms with E-state index < -0.39 is 0 Å². The van der Waals surface area contributed by atoms with Crippen molar-refractivity contribution in [2.24, 2.45) is 0 Å². The summed E-state index contributed by atoms with van der Waals surface area (Å²) in [4.78, 5) is 29.3. The van der Waals surface area contributed by atoms with Gasteiger partial charge in [-0.15, -0.1) is 5.10 Å². The minimum atomic E-state index is -0.249. The number of hydrogen-bond donors (Lipinski definition) is 1. The predicted molar refractivity (Wildman–Crippen MR) is 90.9 cm³/mol. The van der Waals surface area contributed by atoms with Gasteiger partial charge in [-0.3, -0.25) is 14.6 Å². The first-order valence-corrected chi connectivity index (χ1v) is 8.80. The van der Waals surface area contributed by atoms with Crippen LogP contribution in [0.25, 0.3) is 11.5 Å². The first kappa shape index (κ1) is 15.0. The maximum absolute atomic E-state index is 12.7. The highest BCUT2D eigenvalue weighted by molar-refractivity contribution is 7.99. The molecule has 0 aliphatic carbocycles. The standard InChI is InChI=1S/C15H16N6O2S/c1-10-11(14(23)19-5-7-24-8-6-19)9-16-21(10)15-17-13(22)12-3-2-4-20(12)18-15/h2-4,9H,5-8H2,1H3,(H,17,18,22). The second kappa shape index (κ2) is 5.82. The summed E-state index contributed by atoms with van der Waals surface area (Å²) in [5, 5.41) is 8.60. The first-order chi connectivity index (χ1) is 11.6. The van der Waals surface area contributed by atoms with Gasteiger partial charge in [-0.25, -0.2) is 9.20 Å². The molecule has 0 saturated carbocycles. The van der Waals surface area contributed by atoms with Crippen LogP contribution in [0.3, 0.4) is 0 Å². The van der Waals surface area contributed by atoms with Gasteiger partial charge in [0.25, 0.3) is 11.5 Å². The van der Waals surface area contributed by atoms with E-state index in [0.29, 0.717) is 16.8 Å². The van der Waals surface area contributed by atoms with Crippen LogP contribution < -0.4 is 5.56 Å². The Labute approximate surface area is 141 Å². The molecule has 1 saturated heterocycles. The van der Waals surface area contributed by atoms with Crippen LogP contribution in [0.5, 0.6) is 0 Å². The number of aromatic nitrogens is 5. The van der Waals surface area contributed by atoms with Crippen LogP contribution in [0, 0.1) is 6.92 Å². The Morgan fingerprint density at radius 2 is 2.12 bits per heavy atom. The summed E-state index contributed by atoms with van der Waals surface area (Å²) in [5.41, 5.74) is 1.41. The maximum Gasteiger partial charge on any atom is 0.276 e. The molecule has 4 heterocycles. The number of rotatable bonds is 2. The molecule has 0 spiro atoms. The number of carbonyl (C=O) groups is 1. The van der Waals surface area contributed by atoms with Gasteiger partial charge in [-0.1, -0.05) is 0 Å². The number of carbonyl (C=O) groups excluding carboxylic acids is 1. The number of thioether (sulfide) groups is 1. The Morgan fingerprint density at radius 1 is 1.33 bits per heavy atom. The topological polar surface area (TPSA) is 88.3 Å². The second-order valence-electron chi connectivity index (χ2n) is 5.58. The second-order valence-corrected chi connectivity index (χ2v) is 6.80. The Morgan fingerprint density at radius 3 is 2.92 bits per heavy atom. The minimum absolute atomic E-state index is 0.0246. The third-order valence-electron chi connectivity index (χ3n) is 4.13. The molecule has 0 bridgehead atoms. The SMILES string of the molecule is Cc1c(C(=O)N2CCSCC2)cnn1-c1nn2cccc2c(=O)[nH]1. The number of nitrogens with one attached hydrogen (secondary N) is 1. The smallest absolute Gasteiger partial charge is 0.276 e. The molecule has 3 aromatic heterocycles. The lowest BCUT2D eigenvalue weighted by molar-refractivity contribution is 0.0771. The molecule has 1 fully saturated rings. The lowest BCUT2D eigenvalue weighted by Crippen LogP contribution is -2.38. The molecule has 3 aromatic rings. The summed E-state index contributed by atoms with van der Waals surface area (Å²) in [6, 6.07) is 3.44. The Hall–Kier alpha value is -2.55. The number of amides is 1. The van der Waals surface area contributed by atoms with Crippen molar-refractivity contribution in [2.45, 2.75) is 6.92 Å². The molecule has 24 heavy (non-hydrogen) atoms. The quantitative estimate of drug-likeness (QED) is 0.739. The van der Waals surface area contributed by atoms with Gasteiger partial charge in [0.1, 0.15) is 5.52 Å². The van der Waals surface area contributed by atoms with Gasteiger partial charge in [0.05, 0.1) is 17.5 Å². The van der Waals surface area contributed by atoms with Crippen LogP contribution in [-0.2, 0) is 0 Å². The fourth-order valence-corrected chi connectivity index (χ4v) is 3.70. The molecule has 1 amide bonds. The van der Waals surface area contributed by atoms with Gasteiger partial charge in [0.2, 0.25) is 5.95 Å². The molecule has 1 N–H and O–H groups in total. The van der Waals surface area contributed by atoms with E-state index in [-0.39, 0.29) is 17.4 Å². The molecule has 0 radical (unpaired) electrons. The minimum Gasteiger partial charge on any atom is -0.337 e. The molecular formula is C15H16N6O2S. The van der Waals surface area contributed by atoms with E-state index in [9.17, 15) is 9.59 Å². The highest BCUT2D eigenvalue weighted by Crippen LogP contribution is 2.16. The Kier molecular flexibility index (Phi) is 3.64. The van der Waals surface area contributed by atoms with E-state index in [1.54, 1.807) is 31.5 Å². The Balaban J connectivity index is 1.73. The van der Waals surface area contributed by atoms with Crippen molar-refractivity contribution < 1.29 is 4.79 Å². The van der Waals surface area contributed by atoms with E-state index in [2.05, 4.69) is 15.2 Å². The molecule has 124 valence electrons. The van der Waals surface area contributed by atoms with Crippen molar-refractivity contribution in [1.29, 1.82) is 0 Å². The normalized spacial score (nSPS) is 15.1. The van der Waals surface area contributed by atoms with Gasteiger partial charge >= 0.3 is 0 Å². The summed E-state index contributed by atoms with van der Waals surface area (Å²) in [5.74, 6) is 2.17. The molecule has 8 nitrogen and oxygen atoms in total. The number of fused-ring (bicyclic) bond motifs is 1. The van der Waals surface area contributed by atoms with Gasteiger partial charge in [0.15, 0.2) is 0 Å². The summed E-state index contributed by atoms with van der Waals surface area (Å²) in [6.07, 6.45) is 3.24. The van der Waals surface area contributed by atoms with Crippen LogP contribution in [0.4, 0.5) is 0 Å². The zero-order chi connectivity index (χ0) is 16.7. The number of aromatic amines is 1. The Bertz CT molecular complexity index is 966. The number of hydrogen-bond acceptors (Lipinski definition) is 5. The van der Waals surface area contributed by atoms with Gasteiger partial charge < -0.3 is 4.90 Å². The molecule has 0 unspecified atom stereocenters. The third-order valence-corrected chi connectivity index (χ3v) is 5.07. The zero-order valence-electron chi connectivity index (χ0n) is 13.1. The van der Waals surface area contributed by atoms with Gasteiger partial charge in [0, 0.05) is 30.8 Å². The van der Waals surface area contributed by atoms with Crippen molar-refractivity contribution in [2.75, 3.05) is 24.6 Å². The summed E-state index contributed by atoms with van der Waals surface area (Å²) in [6.45, 7) is 3.30. The maximum atomic E-state index is 12.7. The largest absolute Gasteiger partial charge is 0.337 e. The van der Waals surface area contributed by atoms with Crippen molar-refractivity contribution >= 4 is 23.2 Å². The number of nitrogens with zero attached hydrogens (tertiary/aromatic N) is 5. The summed E-state index contributed by atoms with van der Waals surface area (Å²) < 4.78 is 2.99. The van der Waals surface area contributed by atoms with Crippen molar-refractivity contribution in [3.63, 3.8) is 0 Å². The molecule has 4 rings (SSSR count). The highest BCUT2D eigenvalue weighted by Gasteiger charge is 2.23. The van der Waals surface area contributed by atoms with E-state index in [4.69, 9.17) is 0 Å². The third kappa shape index (κ3) is 2.41. The van der Waals surface area contributed by atoms with E-state index >= 15 is 0 Å². The lowest BCUT2D eigenvalue weighted by Gasteiger charge is -2.26. The average molecular weight is 344 g/mol. The zero-order valence-corrected chi connectivity index (χ0v) is 13.9. The molecular weight excluding hydrogens is 328 g/mol. The van der Waals surface area contributed by atoms with Crippen LogP contribution in [0.1, 0.15) is 16.1 Å². The van der Waals surface area contributed by atoms with E-state index in [1.165, 1.54) is 9.20 Å². The van der Waals surface area contributed by atoms with Gasteiger partial charge in [-0.05, 0) is 19.1 Å². The lowest BCUT2D eigenvalue weighted by atomic mass is 10.2.